The van der Waals surface area contributed by atoms with E-state index in [0.29, 0.717) is 6.04 Å². The first-order chi connectivity index (χ1) is 16.5. The second-order valence-electron chi connectivity index (χ2n) is 9.59. The maximum absolute atomic E-state index is 9.41. The summed E-state index contributed by atoms with van der Waals surface area (Å²) >= 11 is 0. The van der Waals surface area contributed by atoms with Crippen LogP contribution in [0.1, 0.15) is 37.8 Å². The summed E-state index contributed by atoms with van der Waals surface area (Å²) in [5.41, 5.74) is 4.05. The van der Waals surface area contributed by atoms with E-state index in [0.717, 1.165) is 66.1 Å². The van der Waals surface area contributed by atoms with Gasteiger partial charge >= 0.3 is 0 Å². The first-order valence-corrected chi connectivity index (χ1v) is 12.3. The highest BCUT2D eigenvalue weighted by Gasteiger charge is 2.29. The molecule has 1 N–H and O–H groups in total. The van der Waals surface area contributed by atoms with Crippen molar-refractivity contribution >= 4 is 17.6 Å². The zero-order valence-electron chi connectivity index (χ0n) is 20.4. The monoisotopic (exact) mass is 458 g/mol. The number of aliphatic hydroxyl groups excluding tert-OH is 1. The highest BCUT2D eigenvalue weighted by molar-refractivity contribution is 5.66. The summed E-state index contributed by atoms with van der Waals surface area (Å²) in [6.45, 7) is 10.2. The Balaban J connectivity index is 1.44. The number of aliphatic hydroxyl groups is 1. The van der Waals surface area contributed by atoms with E-state index in [1.807, 2.05) is 12.1 Å². The quantitative estimate of drug-likeness (QED) is 0.619. The van der Waals surface area contributed by atoms with Crippen LogP contribution in [0.15, 0.2) is 48.7 Å². The predicted octanol–water partition coefficient (Wildman–Crippen LogP) is 4.04. The molecule has 0 amide bonds. The molecule has 7 heteroatoms. The van der Waals surface area contributed by atoms with Crippen molar-refractivity contribution in [2.45, 2.75) is 52.3 Å². The molecule has 5 rings (SSSR count). The number of pyridine rings is 1. The van der Waals surface area contributed by atoms with Gasteiger partial charge in [-0.1, -0.05) is 30.3 Å². The van der Waals surface area contributed by atoms with Gasteiger partial charge in [-0.15, -0.1) is 0 Å². The zero-order chi connectivity index (χ0) is 23.7. The van der Waals surface area contributed by atoms with Crippen LogP contribution in [0.2, 0.25) is 0 Å². The molecule has 7 nitrogen and oxygen atoms in total. The smallest absolute Gasteiger partial charge is 0.228 e. The van der Waals surface area contributed by atoms with Crippen molar-refractivity contribution in [2.24, 2.45) is 0 Å². The third-order valence-corrected chi connectivity index (χ3v) is 7.09. The second kappa shape index (κ2) is 9.58. The number of benzene rings is 1. The van der Waals surface area contributed by atoms with Crippen LogP contribution in [0.3, 0.4) is 0 Å². The number of aryl methyl sites for hydroxylation is 1. The Kier molecular flexibility index (Phi) is 6.37. The van der Waals surface area contributed by atoms with Gasteiger partial charge in [0.15, 0.2) is 0 Å². The van der Waals surface area contributed by atoms with Gasteiger partial charge in [-0.3, -0.25) is 0 Å². The van der Waals surface area contributed by atoms with E-state index in [1.165, 1.54) is 12.8 Å². The largest absolute Gasteiger partial charge is 0.392 e. The maximum Gasteiger partial charge on any atom is 0.228 e. The van der Waals surface area contributed by atoms with Gasteiger partial charge in [-0.2, -0.15) is 4.98 Å². The summed E-state index contributed by atoms with van der Waals surface area (Å²) in [4.78, 5) is 21.8. The fraction of sp³-hybridized carbons (Fsp3) is 0.444. The van der Waals surface area contributed by atoms with E-state index < -0.39 is 0 Å². The molecule has 2 atom stereocenters. The second-order valence-corrected chi connectivity index (χ2v) is 9.59. The summed E-state index contributed by atoms with van der Waals surface area (Å²) < 4.78 is 0. The maximum atomic E-state index is 9.41. The van der Waals surface area contributed by atoms with Crippen LogP contribution >= 0.6 is 0 Å². The van der Waals surface area contributed by atoms with Gasteiger partial charge in [-0.25, -0.2) is 9.97 Å². The van der Waals surface area contributed by atoms with Gasteiger partial charge in [0.25, 0.3) is 0 Å². The lowest BCUT2D eigenvalue weighted by Gasteiger charge is -2.41. The first kappa shape index (κ1) is 22.6. The minimum atomic E-state index is 0.0216. The van der Waals surface area contributed by atoms with Crippen molar-refractivity contribution in [1.82, 2.24) is 15.0 Å². The van der Waals surface area contributed by atoms with Crippen LogP contribution in [0.25, 0.3) is 11.3 Å². The molecule has 0 saturated carbocycles. The van der Waals surface area contributed by atoms with Gasteiger partial charge in [0, 0.05) is 56.1 Å². The van der Waals surface area contributed by atoms with E-state index in [9.17, 15) is 5.11 Å². The predicted molar refractivity (Wildman–Crippen MR) is 137 cm³/mol. The third kappa shape index (κ3) is 4.44. The van der Waals surface area contributed by atoms with Crippen molar-refractivity contribution in [3.05, 3.63) is 59.8 Å². The molecular formula is C27H34N6O. The molecule has 0 aliphatic carbocycles. The third-order valence-electron chi connectivity index (χ3n) is 7.09. The van der Waals surface area contributed by atoms with Crippen LogP contribution in [0.5, 0.6) is 0 Å². The molecule has 2 saturated heterocycles. The topological polar surface area (TPSA) is 68.6 Å². The van der Waals surface area contributed by atoms with E-state index >= 15 is 0 Å². The summed E-state index contributed by atoms with van der Waals surface area (Å²) in [5.74, 6) is 2.84. The van der Waals surface area contributed by atoms with Gasteiger partial charge in [0.2, 0.25) is 5.95 Å². The SMILES string of the molecule is Cc1cc(CO)cnc1N1CCN(c2cc(-c3ccccc3)nc(N3CCCC3C)n2)[C@H](C)C1. The normalized spacial score (nSPS) is 20.8. The molecular weight excluding hydrogens is 424 g/mol. The van der Waals surface area contributed by atoms with Gasteiger partial charge in [-0.05, 0) is 50.8 Å². The lowest BCUT2D eigenvalue weighted by Crippen LogP contribution is -2.53. The molecule has 2 fully saturated rings. The molecule has 1 unspecified atom stereocenters. The highest BCUT2D eigenvalue weighted by atomic mass is 16.3. The van der Waals surface area contributed by atoms with E-state index in [1.54, 1.807) is 6.20 Å². The standard InChI is InChI=1S/C27H34N6O/c1-19-14-22(18-34)16-28-26(19)31-12-13-32(21(3)17-31)25-15-24(23-9-5-4-6-10-23)29-27(30-25)33-11-7-8-20(33)2/h4-6,9-10,14-16,20-21,34H,7-8,11-13,17-18H2,1-3H3/t20?,21-/m1/s1. The molecule has 2 aromatic heterocycles. The number of hydrogen-bond donors (Lipinski definition) is 1. The molecule has 2 aliphatic rings. The fourth-order valence-corrected chi connectivity index (χ4v) is 5.22. The summed E-state index contributed by atoms with van der Waals surface area (Å²) in [6.07, 6.45) is 4.15. The Morgan fingerprint density at radius 3 is 2.47 bits per heavy atom. The Hall–Kier alpha value is -3.19. The Morgan fingerprint density at radius 2 is 1.79 bits per heavy atom. The van der Waals surface area contributed by atoms with Crippen LogP contribution in [0, 0.1) is 6.92 Å². The highest BCUT2D eigenvalue weighted by Crippen LogP contribution is 2.31. The zero-order valence-corrected chi connectivity index (χ0v) is 20.4. The van der Waals surface area contributed by atoms with E-state index in [2.05, 4.69) is 70.8 Å². The molecule has 178 valence electrons. The fourth-order valence-electron chi connectivity index (χ4n) is 5.22. The average Bonchev–Trinajstić information content (AvgIpc) is 3.30. The van der Waals surface area contributed by atoms with Crippen molar-refractivity contribution in [2.75, 3.05) is 40.9 Å². The number of hydrogen-bond acceptors (Lipinski definition) is 7. The Morgan fingerprint density at radius 1 is 0.971 bits per heavy atom. The van der Waals surface area contributed by atoms with Crippen molar-refractivity contribution in [3.8, 4) is 11.3 Å². The number of nitrogens with zero attached hydrogens (tertiary/aromatic N) is 6. The molecule has 2 aliphatic heterocycles. The molecule has 3 aromatic rings. The van der Waals surface area contributed by atoms with Crippen LogP contribution in [-0.2, 0) is 6.61 Å². The minimum absolute atomic E-state index is 0.0216. The molecule has 4 heterocycles. The molecule has 0 spiro atoms. The summed E-state index contributed by atoms with van der Waals surface area (Å²) in [5, 5.41) is 9.41. The number of anilines is 3. The Labute approximate surface area is 202 Å². The van der Waals surface area contributed by atoms with Crippen LogP contribution < -0.4 is 14.7 Å². The Bertz CT molecular complexity index is 1140. The average molecular weight is 459 g/mol. The van der Waals surface area contributed by atoms with E-state index in [-0.39, 0.29) is 12.6 Å². The minimum Gasteiger partial charge on any atom is -0.392 e. The van der Waals surface area contributed by atoms with Crippen molar-refractivity contribution in [1.29, 1.82) is 0 Å². The molecule has 0 bridgehead atoms. The number of aromatic nitrogens is 3. The van der Waals surface area contributed by atoms with Gasteiger partial charge in [0.1, 0.15) is 11.6 Å². The van der Waals surface area contributed by atoms with E-state index in [4.69, 9.17) is 9.97 Å². The molecule has 34 heavy (non-hydrogen) atoms. The first-order valence-electron chi connectivity index (χ1n) is 12.3. The summed E-state index contributed by atoms with van der Waals surface area (Å²) in [6, 6.07) is 15.3. The number of piperazine rings is 1. The van der Waals surface area contributed by atoms with Gasteiger partial charge < -0.3 is 19.8 Å². The van der Waals surface area contributed by atoms with Gasteiger partial charge in [0.05, 0.1) is 12.3 Å². The van der Waals surface area contributed by atoms with Crippen molar-refractivity contribution in [3.63, 3.8) is 0 Å². The molecule has 0 radical (unpaired) electrons. The lowest BCUT2D eigenvalue weighted by atomic mass is 10.1. The molecule has 1 aromatic carbocycles. The van der Waals surface area contributed by atoms with Crippen LogP contribution in [0.4, 0.5) is 17.6 Å². The van der Waals surface area contributed by atoms with Crippen molar-refractivity contribution < 1.29 is 5.11 Å². The number of rotatable bonds is 5. The van der Waals surface area contributed by atoms with Crippen LogP contribution in [-0.4, -0.2) is 58.3 Å². The summed E-state index contributed by atoms with van der Waals surface area (Å²) in [7, 11) is 0. The lowest BCUT2D eigenvalue weighted by molar-refractivity contribution is 0.281.